The first-order valence-corrected chi connectivity index (χ1v) is 10.6. The van der Waals surface area contributed by atoms with E-state index < -0.39 is 17.6 Å². The molecular formula is C25H22F3N5O. The van der Waals surface area contributed by atoms with E-state index in [0.29, 0.717) is 11.3 Å². The third-order valence-corrected chi connectivity index (χ3v) is 5.31. The van der Waals surface area contributed by atoms with Gasteiger partial charge in [-0.25, -0.2) is 0 Å². The molecule has 0 aliphatic heterocycles. The highest BCUT2D eigenvalue weighted by Crippen LogP contribution is 2.30. The third kappa shape index (κ3) is 5.09. The van der Waals surface area contributed by atoms with Crippen LogP contribution in [0, 0.1) is 6.92 Å². The molecule has 3 aromatic carbocycles. The smallest absolute Gasteiger partial charge is 0.346 e. The lowest BCUT2D eigenvalue weighted by molar-refractivity contribution is -0.137. The fourth-order valence-electron chi connectivity index (χ4n) is 3.44. The molecule has 0 spiro atoms. The lowest BCUT2D eigenvalue weighted by Crippen LogP contribution is -2.17. The Bertz CT molecular complexity index is 1280. The number of rotatable bonds is 6. The second-order valence-corrected chi connectivity index (χ2v) is 7.76. The van der Waals surface area contributed by atoms with E-state index in [0.717, 1.165) is 23.3 Å². The lowest BCUT2D eigenvalue weighted by atomic mass is 10.1. The van der Waals surface area contributed by atoms with Crippen molar-refractivity contribution in [3.05, 3.63) is 101 Å². The molecule has 1 amide bonds. The zero-order valence-corrected chi connectivity index (χ0v) is 18.5. The minimum Gasteiger partial charge on any atom is -0.346 e. The van der Waals surface area contributed by atoms with Gasteiger partial charge in [0.05, 0.1) is 17.3 Å². The van der Waals surface area contributed by atoms with E-state index in [4.69, 9.17) is 0 Å². The number of nitrogens with one attached hydrogen (secondary N) is 2. The van der Waals surface area contributed by atoms with Crippen LogP contribution in [0.1, 0.15) is 40.0 Å². The van der Waals surface area contributed by atoms with Crippen molar-refractivity contribution >= 4 is 17.8 Å². The van der Waals surface area contributed by atoms with Gasteiger partial charge in [0, 0.05) is 5.56 Å². The zero-order chi connectivity index (χ0) is 24.3. The number of amides is 1. The Labute approximate surface area is 194 Å². The predicted molar refractivity (Wildman–Crippen MR) is 124 cm³/mol. The van der Waals surface area contributed by atoms with Crippen LogP contribution in [0.15, 0.2) is 78.9 Å². The van der Waals surface area contributed by atoms with Crippen molar-refractivity contribution in [1.82, 2.24) is 14.8 Å². The van der Waals surface area contributed by atoms with Crippen LogP contribution in [-0.4, -0.2) is 20.7 Å². The van der Waals surface area contributed by atoms with Gasteiger partial charge in [-0.2, -0.15) is 22.8 Å². The highest BCUT2D eigenvalue weighted by atomic mass is 19.4. The average molecular weight is 465 g/mol. The van der Waals surface area contributed by atoms with Gasteiger partial charge in [0.1, 0.15) is 0 Å². The van der Waals surface area contributed by atoms with E-state index in [9.17, 15) is 18.0 Å². The first-order chi connectivity index (χ1) is 16.2. The first kappa shape index (κ1) is 23.0. The summed E-state index contributed by atoms with van der Waals surface area (Å²) in [5, 5.41) is 10.3. The second kappa shape index (κ2) is 9.38. The molecule has 0 bridgehead atoms. The van der Waals surface area contributed by atoms with Gasteiger partial charge in [-0.1, -0.05) is 48.5 Å². The molecule has 0 fully saturated rings. The molecule has 1 atom stereocenters. The van der Waals surface area contributed by atoms with E-state index in [2.05, 4.69) is 20.7 Å². The largest absolute Gasteiger partial charge is 0.416 e. The molecule has 0 saturated carbocycles. The predicted octanol–water partition coefficient (Wildman–Crippen LogP) is 6.02. The van der Waals surface area contributed by atoms with Crippen molar-refractivity contribution in [2.24, 2.45) is 0 Å². The number of aromatic nitrogens is 3. The number of carbonyl (C=O) groups excluding carboxylic acids is 1. The summed E-state index contributed by atoms with van der Waals surface area (Å²) in [7, 11) is 0. The number of alkyl halides is 3. The molecule has 2 N–H and O–H groups in total. The van der Waals surface area contributed by atoms with E-state index >= 15 is 0 Å². The number of benzene rings is 3. The molecule has 0 aliphatic rings. The van der Waals surface area contributed by atoms with E-state index in [1.54, 1.807) is 12.1 Å². The summed E-state index contributed by atoms with van der Waals surface area (Å²) in [6.07, 6.45) is -4.46. The SMILES string of the molecule is Cc1ccccc1C(=O)Nc1nc(N[C@H](C)c2ccccc2)nn1-c1ccc(C(F)(F)F)cc1. The van der Waals surface area contributed by atoms with Crippen LogP contribution in [0.5, 0.6) is 0 Å². The third-order valence-electron chi connectivity index (χ3n) is 5.31. The Morgan fingerprint density at radius 1 is 0.941 bits per heavy atom. The topological polar surface area (TPSA) is 71.8 Å². The molecule has 4 aromatic rings. The maximum absolute atomic E-state index is 13.0. The molecule has 1 aromatic heterocycles. The number of hydrogen-bond acceptors (Lipinski definition) is 4. The van der Waals surface area contributed by atoms with Crippen molar-refractivity contribution in [2.75, 3.05) is 10.6 Å². The average Bonchev–Trinajstić information content (AvgIpc) is 3.21. The maximum Gasteiger partial charge on any atom is 0.416 e. The van der Waals surface area contributed by atoms with Gasteiger partial charge < -0.3 is 5.32 Å². The normalized spacial score (nSPS) is 12.3. The molecule has 4 rings (SSSR count). The summed E-state index contributed by atoms with van der Waals surface area (Å²) in [5.41, 5.74) is 1.77. The number of carbonyl (C=O) groups is 1. The summed E-state index contributed by atoms with van der Waals surface area (Å²) < 4.78 is 40.3. The van der Waals surface area contributed by atoms with Crippen LogP contribution in [0.4, 0.5) is 25.1 Å². The number of halogens is 3. The van der Waals surface area contributed by atoms with Crippen LogP contribution >= 0.6 is 0 Å². The molecule has 174 valence electrons. The molecule has 0 radical (unpaired) electrons. The van der Waals surface area contributed by atoms with E-state index in [-0.39, 0.29) is 17.9 Å². The highest BCUT2D eigenvalue weighted by Gasteiger charge is 2.30. The van der Waals surface area contributed by atoms with Gasteiger partial charge in [0.25, 0.3) is 5.91 Å². The fraction of sp³-hybridized carbons (Fsp3) is 0.160. The van der Waals surface area contributed by atoms with Crippen LogP contribution in [0.3, 0.4) is 0 Å². The second-order valence-electron chi connectivity index (χ2n) is 7.76. The molecule has 0 unspecified atom stereocenters. The summed E-state index contributed by atoms with van der Waals surface area (Å²) >= 11 is 0. The highest BCUT2D eigenvalue weighted by molar-refractivity contribution is 6.04. The Morgan fingerprint density at radius 2 is 1.59 bits per heavy atom. The number of aryl methyl sites for hydroxylation is 1. The van der Waals surface area contributed by atoms with Gasteiger partial charge in [0.15, 0.2) is 0 Å². The summed E-state index contributed by atoms with van der Waals surface area (Å²) in [6, 6.07) is 21.0. The molecule has 0 aliphatic carbocycles. The van der Waals surface area contributed by atoms with Crippen LogP contribution in [0.2, 0.25) is 0 Å². The van der Waals surface area contributed by atoms with Crippen molar-refractivity contribution in [3.63, 3.8) is 0 Å². The van der Waals surface area contributed by atoms with Crippen molar-refractivity contribution in [3.8, 4) is 5.69 Å². The number of anilines is 2. The van der Waals surface area contributed by atoms with Gasteiger partial charge >= 0.3 is 6.18 Å². The number of hydrogen-bond donors (Lipinski definition) is 2. The monoisotopic (exact) mass is 465 g/mol. The molecular weight excluding hydrogens is 443 g/mol. The van der Waals surface area contributed by atoms with Crippen LogP contribution < -0.4 is 10.6 Å². The van der Waals surface area contributed by atoms with Gasteiger partial charge in [-0.3, -0.25) is 10.1 Å². The lowest BCUT2D eigenvalue weighted by Gasteiger charge is -2.12. The molecule has 1 heterocycles. The van der Waals surface area contributed by atoms with E-state index in [1.165, 1.54) is 16.8 Å². The molecule has 6 nitrogen and oxygen atoms in total. The van der Waals surface area contributed by atoms with Crippen molar-refractivity contribution in [2.45, 2.75) is 26.1 Å². The minimum absolute atomic E-state index is 0.0794. The van der Waals surface area contributed by atoms with Gasteiger partial charge in [0.2, 0.25) is 11.9 Å². The molecule has 0 saturated heterocycles. The Kier molecular flexibility index (Phi) is 6.36. The van der Waals surface area contributed by atoms with Gasteiger partial charge in [-0.05, 0) is 55.3 Å². The minimum atomic E-state index is -4.46. The van der Waals surface area contributed by atoms with Gasteiger partial charge in [-0.15, -0.1) is 5.10 Å². The maximum atomic E-state index is 13.0. The van der Waals surface area contributed by atoms with E-state index in [1.807, 2.05) is 56.3 Å². The number of nitrogens with zero attached hydrogens (tertiary/aromatic N) is 3. The molecule has 9 heteroatoms. The summed E-state index contributed by atoms with van der Waals surface area (Å²) in [5.74, 6) is -0.103. The standard InChI is InChI=1S/C25H22F3N5O/c1-16-8-6-7-11-21(16)22(34)30-24-31-23(29-17(2)18-9-4-3-5-10-18)32-33(24)20-14-12-19(13-15-20)25(26,27)28/h3-15,17H,1-2H3,(H2,29,30,31,32,34)/t17-/m1/s1. The molecule has 34 heavy (non-hydrogen) atoms. The zero-order valence-electron chi connectivity index (χ0n) is 18.5. The van der Waals surface area contributed by atoms with Crippen molar-refractivity contribution in [1.29, 1.82) is 0 Å². The Hall–Kier alpha value is -4.14. The van der Waals surface area contributed by atoms with Crippen molar-refractivity contribution < 1.29 is 18.0 Å². The van der Waals surface area contributed by atoms with Crippen LogP contribution in [0.25, 0.3) is 5.69 Å². The Balaban J connectivity index is 1.68. The summed E-state index contributed by atoms with van der Waals surface area (Å²) in [6.45, 7) is 3.74. The Morgan fingerprint density at radius 3 is 2.24 bits per heavy atom. The van der Waals surface area contributed by atoms with Crippen LogP contribution in [-0.2, 0) is 6.18 Å². The fourth-order valence-corrected chi connectivity index (χ4v) is 3.44. The first-order valence-electron chi connectivity index (χ1n) is 10.6. The quantitative estimate of drug-likeness (QED) is 0.365. The summed E-state index contributed by atoms with van der Waals surface area (Å²) in [4.78, 5) is 17.3.